The molecule has 2 aromatic rings. The normalized spacial score (nSPS) is 15.5. The van der Waals surface area contributed by atoms with E-state index in [1.165, 1.54) is 11.8 Å². The van der Waals surface area contributed by atoms with Gasteiger partial charge >= 0.3 is 0 Å². The second-order valence-corrected chi connectivity index (χ2v) is 7.16. The highest BCUT2D eigenvalue weighted by atomic mass is 32.2. The molecule has 0 spiro atoms. The lowest BCUT2D eigenvalue weighted by molar-refractivity contribution is -0.307. The number of thioether (sulfide) groups is 1. The monoisotopic (exact) mass is 384 g/mol. The third kappa shape index (κ3) is 4.50. The molecule has 5 nitrogen and oxygen atoms in total. The van der Waals surface area contributed by atoms with Gasteiger partial charge in [0.05, 0.1) is 17.4 Å². The van der Waals surface area contributed by atoms with Crippen molar-refractivity contribution in [3.63, 3.8) is 0 Å². The van der Waals surface area contributed by atoms with E-state index in [0.29, 0.717) is 21.5 Å². The first-order valence-corrected chi connectivity index (χ1v) is 8.97. The maximum Gasteiger partial charge on any atom is 0.266 e. The topological polar surface area (TPSA) is 69.7 Å². The number of nitrogens with zero attached hydrogens (tertiary/aromatic N) is 1. The number of thiocarbonyl (C=S) groups is 1. The SMILES string of the molecule is O=C([O-])COc1ccc(/C=C2/SC(=S)N(Cc3ccccc3)C2=O)cc1. The molecule has 0 unspecified atom stereocenters. The first-order valence-electron chi connectivity index (χ1n) is 7.75. The number of carboxylic acid groups (broad SMARTS) is 1. The van der Waals surface area contributed by atoms with E-state index in [4.69, 9.17) is 17.0 Å². The van der Waals surface area contributed by atoms with E-state index in [1.54, 1.807) is 35.2 Å². The Labute approximate surface area is 160 Å². The smallest absolute Gasteiger partial charge is 0.266 e. The van der Waals surface area contributed by atoms with Crippen LogP contribution in [0, 0.1) is 0 Å². The van der Waals surface area contributed by atoms with Crippen molar-refractivity contribution in [2.75, 3.05) is 6.61 Å². The van der Waals surface area contributed by atoms with E-state index < -0.39 is 12.6 Å². The van der Waals surface area contributed by atoms with Crippen LogP contribution in [0.5, 0.6) is 5.75 Å². The number of rotatable bonds is 6. The van der Waals surface area contributed by atoms with Crippen molar-refractivity contribution in [1.82, 2.24) is 4.90 Å². The van der Waals surface area contributed by atoms with Gasteiger partial charge in [-0.25, -0.2) is 0 Å². The van der Waals surface area contributed by atoms with E-state index in [1.807, 2.05) is 30.3 Å². The standard InChI is InChI=1S/C19H15NO4S2/c21-17(22)12-24-15-8-6-13(7-9-15)10-16-18(23)20(19(25)26-16)11-14-4-2-1-3-5-14/h1-10H,11-12H2,(H,21,22)/p-1/b16-10+. The summed E-state index contributed by atoms with van der Waals surface area (Å²) in [5.41, 5.74) is 1.81. The molecular weight excluding hydrogens is 370 g/mol. The largest absolute Gasteiger partial charge is 0.546 e. The molecule has 1 amide bonds. The van der Waals surface area contributed by atoms with Gasteiger partial charge in [-0.15, -0.1) is 0 Å². The van der Waals surface area contributed by atoms with E-state index in [0.717, 1.165) is 11.1 Å². The Morgan fingerprint density at radius 1 is 1.15 bits per heavy atom. The van der Waals surface area contributed by atoms with Gasteiger partial charge in [-0.1, -0.05) is 66.4 Å². The highest BCUT2D eigenvalue weighted by Gasteiger charge is 2.31. The van der Waals surface area contributed by atoms with Crippen molar-refractivity contribution < 1.29 is 19.4 Å². The summed E-state index contributed by atoms with van der Waals surface area (Å²) in [6.07, 6.45) is 1.76. The fourth-order valence-corrected chi connectivity index (χ4v) is 3.61. The summed E-state index contributed by atoms with van der Waals surface area (Å²) in [5.74, 6) is -0.986. The molecule has 0 N–H and O–H groups in total. The maximum atomic E-state index is 12.6. The number of benzene rings is 2. The molecule has 1 fully saturated rings. The second kappa shape index (κ2) is 8.16. The Balaban J connectivity index is 1.70. The molecule has 132 valence electrons. The number of aliphatic carboxylic acids is 1. The minimum atomic E-state index is -1.28. The molecule has 0 saturated carbocycles. The summed E-state index contributed by atoms with van der Waals surface area (Å²) in [7, 11) is 0. The van der Waals surface area contributed by atoms with Gasteiger partial charge in [-0.2, -0.15) is 0 Å². The van der Waals surface area contributed by atoms with Gasteiger partial charge in [-0.3, -0.25) is 9.69 Å². The molecule has 1 aliphatic rings. The maximum absolute atomic E-state index is 12.6. The van der Waals surface area contributed by atoms with E-state index in [9.17, 15) is 14.7 Å². The van der Waals surface area contributed by atoms with Gasteiger partial charge in [0.25, 0.3) is 5.91 Å². The number of carbonyl (C=O) groups is 2. The first-order chi connectivity index (χ1) is 12.5. The quantitative estimate of drug-likeness (QED) is 0.562. The highest BCUT2D eigenvalue weighted by molar-refractivity contribution is 8.26. The number of ether oxygens (including phenoxy) is 1. The molecule has 2 aromatic carbocycles. The summed E-state index contributed by atoms with van der Waals surface area (Å²) < 4.78 is 5.56. The fraction of sp³-hybridized carbons (Fsp3) is 0.105. The fourth-order valence-electron chi connectivity index (χ4n) is 2.36. The van der Waals surface area contributed by atoms with Crippen LogP contribution in [0.2, 0.25) is 0 Å². The van der Waals surface area contributed by atoms with Crippen LogP contribution in [0.1, 0.15) is 11.1 Å². The Hall–Kier alpha value is -2.64. The minimum Gasteiger partial charge on any atom is -0.546 e. The molecule has 0 atom stereocenters. The Kier molecular flexibility index (Phi) is 5.70. The van der Waals surface area contributed by atoms with Crippen molar-refractivity contribution in [3.8, 4) is 5.75 Å². The Morgan fingerprint density at radius 2 is 1.85 bits per heavy atom. The highest BCUT2D eigenvalue weighted by Crippen LogP contribution is 2.33. The molecule has 0 aliphatic carbocycles. The predicted octanol–water partition coefficient (Wildman–Crippen LogP) is 2.22. The summed E-state index contributed by atoms with van der Waals surface area (Å²) in [5, 5.41) is 10.4. The molecule has 0 aromatic heterocycles. The van der Waals surface area contributed by atoms with Crippen LogP contribution in [0.15, 0.2) is 59.5 Å². The second-order valence-electron chi connectivity index (χ2n) is 5.48. The van der Waals surface area contributed by atoms with Crippen LogP contribution >= 0.6 is 24.0 Å². The van der Waals surface area contributed by atoms with Crippen molar-refractivity contribution in [3.05, 3.63) is 70.6 Å². The zero-order chi connectivity index (χ0) is 18.5. The summed E-state index contributed by atoms with van der Waals surface area (Å²) in [6.45, 7) is -0.0592. The van der Waals surface area contributed by atoms with Crippen LogP contribution in [0.3, 0.4) is 0 Å². The van der Waals surface area contributed by atoms with E-state index in [2.05, 4.69) is 0 Å². The van der Waals surface area contributed by atoms with E-state index >= 15 is 0 Å². The van der Waals surface area contributed by atoms with Crippen molar-refractivity contribution >= 4 is 46.3 Å². The zero-order valence-corrected chi connectivity index (χ0v) is 15.2. The lowest BCUT2D eigenvalue weighted by atomic mass is 10.2. The summed E-state index contributed by atoms with van der Waals surface area (Å²) in [6, 6.07) is 16.4. The number of amides is 1. The third-order valence-electron chi connectivity index (χ3n) is 3.59. The molecule has 1 heterocycles. The average Bonchev–Trinajstić information content (AvgIpc) is 2.89. The number of carbonyl (C=O) groups excluding carboxylic acids is 2. The zero-order valence-electron chi connectivity index (χ0n) is 13.6. The number of hydrogen-bond donors (Lipinski definition) is 0. The number of hydrogen-bond acceptors (Lipinski definition) is 6. The van der Waals surface area contributed by atoms with Crippen LogP contribution in [0.4, 0.5) is 0 Å². The molecule has 3 rings (SSSR count). The summed E-state index contributed by atoms with van der Waals surface area (Å²) >= 11 is 6.60. The first kappa shape index (κ1) is 18.2. The molecule has 26 heavy (non-hydrogen) atoms. The summed E-state index contributed by atoms with van der Waals surface area (Å²) in [4.78, 5) is 25.1. The molecule has 0 bridgehead atoms. The van der Waals surface area contributed by atoms with Gasteiger partial charge in [0, 0.05) is 0 Å². The van der Waals surface area contributed by atoms with Crippen LogP contribution in [-0.2, 0) is 16.1 Å². The lowest BCUT2D eigenvalue weighted by Crippen LogP contribution is -2.28. The van der Waals surface area contributed by atoms with Crippen molar-refractivity contribution in [2.45, 2.75) is 6.54 Å². The van der Waals surface area contributed by atoms with Gasteiger partial charge in [0.1, 0.15) is 16.7 Å². The van der Waals surface area contributed by atoms with E-state index in [-0.39, 0.29) is 5.91 Å². The minimum absolute atomic E-state index is 0.124. The Morgan fingerprint density at radius 3 is 2.50 bits per heavy atom. The van der Waals surface area contributed by atoms with Gasteiger partial charge in [-0.05, 0) is 29.3 Å². The lowest BCUT2D eigenvalue weighted by Gasteiger charge is -2.14. The molecular formula is C19H14NO4S2-. The third-order valence-corrected chi connectivity index (χ3v) is 4.97. The molecule has 1 aliphatic heterocycles. The van der Waals surface area contributed by atoms with Gasteiger partial charge in [0.15, 0.2) is 0 Å². The van der Waals surface area contributed by atoms with Crippen molar-refractivity contribution in [2.24, 2.45) is 0 Å². The van der Waals surface area contributed by atoms with Gasteiger partial charge in [0.2, 0.25) is 0 Å². The average molecular weight is 384 g/mol. The molecule has 7 heteroatoms. The predicted molar refractivity (Wildman–Crippen MR) is 102 cm³/mol. The van der Waals surface area contributed by atoms with Crippen molar-refractivity contribution in [1.29, 1.82) is 0 Å². The Bertz CT molecular complexity index is 863. The van der Waals surface area contributed by atoms with Crippen LogP contribution in [-0.4, -0.2) is 27.7 Å². The molecule has 1 saturated heterocycles. The molecule has 0 radical (unpaired) electrons. The van der Waals surface area contributed by atoms with Crippen LogP contribution in [0.25, 0.3) is 6.08 Å². The van der Waals surface area contributed by atoms with Crippen LogP contribution < -0.4 is 9.84 Å². The van der Waals surface area contributed by atoms with Gasteiger partial charge < -0.3 is 14.6 Å². The number of carboxylic acids is 1.